The summed E-state index contributed by atoms with van der Waals surface area (Å²) in [5.74, 6) is -2.63. The minimum absolute atomic E-state index is 0.00132. The Bertz CT molecular complexity index is 1220. The summed E-state index contributed by atoms with van der Waals surface area (Å²) in [5.41, 5.74) is 1.21. The number of amides is 2. The molecule has 34 heavy (non-hydrogen) atoms. The number of rotatable bonds is 9. The van der Waals surface area contributed by atoms with Crippen LogP contribution in [0.15, 0.2) is 36.5 Å². The summed E-state index contributed by atoms with van der Waals surface area (Å²) in [6.07, 6.45) is 1.84. The van der Waals surface area contributed by atoms with Gasteiger partial charge in [-0.1, -0.05) is 12.1 Å². The number of benzene rings is 1. The molecule has 0 spiro atoms. The molecule has 178 valence electrons. The molecule has 3 rings (SSSR count). The molecule has 0 aliphatic carbocycles. The van der Waals surface area contributed by atoms with Crippen LogP contribution in [0.25, 0.3) is 10.9 Å². The van der Waals surface area contributed by atoms with Gasteiger partial charge in [0.25, 0.3) is 11.8 Å². The number of pyridine rings is 2. The lowest BCUT2D eigenvalue weighted by molar-refractivity contribution is -0.140. The van der Waals surface area contributed by atoms with Crippen LogP contribution in [0.4, 0.5) is 10.2 Å². The van der Waals surface area contributed by atoms with Gasteiger partial charge in [0.1, 0.15) is 23.8 Å². The molecule has 2 aromatic heterocycles. The zero-order valence-electron chi connectivity index (χ0n) is 18.6. The number of halogens is 1. The molecule has 0 bridgehead atoms. The third-order valence-corrected chi connectivity index (χ3v) is 4.78. The van der Waals surface area contributed by atoms with Gasteiger partial charge < -0.3 is 25.2 Å². The molecule has 11 heteroatoms. The number of nitrogens with zero attached hydrogens (tertiary/aromatic N) is 2. The van der Waals surface area contributed by atoms with E-state index in [1.807, 2.05) is 0 Å². The van der Waals surface area contributed by atoms with Gasteiger partial charge in [-0.15, -0.1) is 0 Å². The van der Waals surface area contributed by atoms with E-state index in [0.29, 0.717) is 17.4 Å². The fourth-order valence-corrected chi connectivity index (χ4v) is 3.17. The van der Waals surface area contributed by atoms with Gasteiger partial charge in [0.15, 0.2) is 11.4 Å². The van der Waals surface area contributed by atoms with E-state index in [2.05, 4.69) is 25.3 Å². The molecule has 0 radical (unpaired) electrons. The number of anilines is 1. The number of methoxy groups -OCH3 is 2. The van der Waals surface area contributed by atoms with Gasteiger partial charge in [-0.3, -0.25) is 19.4 Å². The van der Waals surface area contributed by atoms with Gasteiger partial charge in [-0.05, 0) is 35.7 Å². The summed E-state index contributed by atoms with van der Waals surface area (Å²) in [7, 11) is 2.58. The standard InChI is InChI=1S/C23H23FN4O6/c1-33-12-17(29)27-22-16-10-14(9-13-3-5-15(24)6-4-13)11-26-19(16)21(31)20(28-22)23(32)25-8-7-18(30)34-2/h3-6,10-11,31H,7-9,12H2,1-2H3,(H,25,32)(H,27,28,29). The number of nitrogens with one attached hydrogen (secondary N) is 2. The van der Waals surface area contributed by atoms with Crippen LogP contribution in [0.2, 0.25) is 0 Å². The van der Waals surface area contributed by atoms with Gasteiger partial charge in [0, 0.05) is 25.2 Å². The normalized spacial score (nSPS) is 10.7. The number of ether oxygens (including phenoxy) is 2. The van der Waals surface area contributed by atoms with Crippen molar-refractivity contribution in [3.05, 3.63) is 59.2 Å². The van der Waals surface area contributed by atoms with E-state index in [9.17, 15) is 23.9 Å². The lowest BCUT2D eigenvalue weighted by Gasteiger charge is -2.13. The smallest absolute Gasteiger partial charge is 0.307 e. The molecular weight excluding hydrogens is 447 g/mol. The number of fused-ring (bicyclic) bond motifs is 1. The van der Waals surface area contributed by atoms with Gasteiger partial charge >= 0.3 is 5.97 Å². The van der Waals surface area contributed by atoms with Crippen LogP contribution in [-0.4, -0.2) is 60.2 Å². The van der Waals surface area contributed by atoms with Crippen molar-refractivity contribution in [1.29, 1.82) is 0 Å². The number of hydrogen-bond acceptors (Lipinski definition) is 8. The largest absolute Gasteiger partial charge is 0.504 e. The maximum Gasteiger partial charge on any atom is 0.307 e. The van der Waals surface area contributed by atoms with E-state index in [4.69, 9.17) is 4.74 Å². The highest BCUT2D eigenvalue weighted by Crippen LogP contribution is 2.32. The van der Waals surface area contributed by atoms with Crippen LogP contribution in [0.3, 0.4) is 0 Å². The molecule has 0 aliphatic heterocycles. The van der Waals surface area contributed by atoms with E-state index in [-0.39, 0.29) is 42.4 Å². The van der Waals surface area contributed by atoms with Gasteiger partial charge in [0.2, 0.25) is 0 Å². The van der Waals surface area contributed by atoms with Crippen molar-refractivity contribution < 1.29 is 33.4 Å². The molecule has 2 heterocycles. The highest BCUT2D eigenvalue weighted by Gasteiger charge is 2.22. The lowest BCUT2D eigenvalue weighted by Crippen LogP contribution is -2.28. The number of hydrogen-bond donors (Lipinski definition) is 3. The minimum Gasteiger partial charge on any atom is -0.504 e. The number of carbonyl (C=O) groups excluding carboxylic acids is 3. The Balaban J connectivity index is 1.98. The van der Waals surface area contributed by atoms with Crippen LogP contribution in [0, 0.1) is 5.82 Å². The Morgan fingerprint density at radius 1 is 1.12 bits per heavy atom. The van der Waals surface area contributed by atoms with Crippen LogP contribution in [0.5, 0.6) is 5.75 Å². The van der Waals surface area contributed by atoms with E-state index in [1.54, 1.807) is 18.2 Å². The van der Waals surface area contributed by atoms with Crippen LogP contribution >= 0.6 is 0 Å². The van der Waals surface area contributed by atoms with Crippen LogP contribution in [-0.2, 0) is 25.5 Å². The van der Waals surface area contributed by atoms with Crippen molar-refractivity contribution in [1.82, 2.24) is 15.3 Å². The molecule has 0 unspecified atom stereocenters. The molecule has 2 amide bonds. The lowest BCUT2D eigenvalue weighted by atomic mass is 10.0. The Kier molecular flexibility index (Phi) is 8.04. The summed E-state index contributed by atoms with van der Waals surface area (Å²) < 4.78 is 22.6. The highest BCUT2D eigenvalue weighted by molar-refractivity contribution is 6.07. The summed E-state index contributed by atoms with van der Waals surface area (Å²) in [6, 6.07) is 7.63. The second kappa shape index (κ2) is 11.1. The topological polar surface area (TPSA) is 140 Å². The SMILES string of the molecule is COCC(=O)Nc1nc(C(=O)NCCC(=O)OC)c(O)c2ncc(Cc3ccc(F)cc3)cc12. The molecule has 3 aromatic rings. The van der Waals surface area contributed by atoms with Crippen LogP contribution in [0.1, 0.15) is 28.0 Å². The maximum absolute atomic E-state index is 13.2. The number of esters is 1. The molecule has 0 saturated heterocycles. The summed E-state index contributed by atoms with van der Waals surface area (Å²) in [5, 5.41) is 16.0. The van der Waals surface area contributed by atoms with Crippen molar-refractivity contribution >= 4 is 34.5 Å². The molecule has 0 fully saturated rings. The maximum atomic E-state index is 13.2. The first-order valence-electron chi connectivity index (χ1n) is 10.2. The predicted molar refractivity (Wildman–Crippen MR) is 120 cm³/mol. The molecule has 10 nitrogen and oxygen atoms in total. The summed E-state index contributed by atoms with van der Waals surface area (Å²) in [4.78, 5) is 44.4. The first kappa shape index (κ1) is 24.5. The average Bonchev–Trinajstić information content (AvgIpc) is 2.82. The van der Waals surface area contributed by atoms with Gasteiger partial charge in [0.05, 0.1) is 13.5 Å². The fraction of sp³-hybridized carbons (Fsp3) is 0.261. The molecular formula is C23H23FN4O6. The fourth-order valence-electron chi connectivity index (χ4n) is 3.17. The van der Waals surface area contributed by atoms with Crippen molar-refractivity contribution in [3.63, 3.8) is 0 Å². The van der Waals surface area contributed by atoms with E-state index in [0.717, 1.165) is 5.56 Å². The predicted octanol–water partition coefficient (Wildman–Crippen LogP) is 1.94. The average molecular weight is 470 g/mol. The Hall–Kier alpha value is -4.12. The Morgan fingerprint density at radius 3 is 2.53 bits per heavy atom. The van der Waals surface area contributed by atoms with E-state index >= 15 is 0 Å². The first-order valence-corrected chi connectivity index (χ1v) is 10.2. The van der Waals surface area contributed by atoms with Crippen LogP contribution < -0.4 is 10.6 Å². The Morgan fingerprint density at radius 2 is 1.85 bits per heavy atom. The molecule has 0 aliphatic rings. The summed E-state index contributed by atoms with van der Waals surface area (Å²) >= 11 is 0. The quantitative estimate of drug-likeness (QED) is 0.403. The molecule has 3 N–H and O–H groups in total. The summed E-state index contributed by atoms with van der Waals surface area (Å²) in [6.45, 7) is -0.298. The Labute approximate surface area is 194 Å². The number of carbonyl (C=O) groups is 3. The van der Waals surface area contributed by atoms with Crippen molar-refractivity contribution in [2.45, 2.75) is 12.8 Å². The van der Waals surface area contributed by atoms with Gasteiger partial charge in [-0.2, -0.15) is 0 Å². The van der Waals surface area contributed by atoms with E-state index < -0.39 is 23.5 Å². The number of aromatic nitrogens is 2. The third-order valence-electron chi connectivity index (χ3n) is 4.78. The van der Waals surface area contributed by atoms with E-state index in [1.165, 1.54) is 32.5 Å². The monoisotopic (exact) mass is 470 g/mol. The second-order valence-corrected chi connectivity index (χ2v) is 7.26. The zero-order chi connectivity index (χ0) is 24.7. The van der Waals surface area contributed by atoms with Crippen molar-refractivity contribution in [2.75, 3.05) is 32.7 Å². The minimum atomic E-state index is -0.761. The molecule has 0 atom stereocenters. The van der Waals surface area contributed by atoms with Gasteiger partial charge in [-0.25, -0.2) is 9.37 Å². The molecule has 0 saturated carbocycles. The second-order valence-electron chi connectivity index (χ2n) is 7.26. The zero-order valence-corrected chi connectivity index (χ0v) is 18.6. The third kappa shape index (κ3) is 6.01. The molecule has 1 aromatic carbocycles. The highest BCUT2D eigenvalue weighted by atomic mass is 19.1. The van der Waals surface area contributed by atoms with Crippen molar-refractivity contribution in [3.8, 4) is 5.75 Å². The van der Waals surface area contributed by atoms with Crippen molar-refractivity contribution in [2.24, 2.45) is 0 Å². The number of aromatic hydroxyl groups is 1. The first-order chi connectivity index (χ1) is 16.3.